The fraction of sp³-hybridized carbons (Fsp3) is 0.500. The van der Waals surface area contributed by atoms with Crippen LogP contribution < -0.4 is 0 Å². The van der Waals surface area contributed by atoms with Crippen molar-refractivity contribution in [3.63, 3.8) is 0 Å². The third kappa shape index (κ3) is 3.46. The van der Waals surface area contributed by atoms with E-state index >= 15 is 0 Å². The molecule has 0 aliphatic rings. The van der Waals surface area contributed by atoms with Crippen molar-refractivity contribution in [1.29, 1.82) is 5.26 Å². The van der Waals surface area contributed by atoms with Gasteiger partial charge >= 0.3 is 0 Å². The third-order valence-electron chi connectivity index (χ3n) is 3.89. The molecule has 0 aromatic carbocycles. The minimum Gasteiger partial charge on any atom is -0.339 e. The number of aromatic nitrogens is 3. The van der Waals surface area contributed by atoms with Crippen LogP contribution in [0.25, 0.3) is 11.5 Å². The summed E-state index contributed by atoms with van der Waals surface area (Å²) in [7, 11) is 0. The Morgan fingerprint density at radius 1 is 1.38 bits per heavy atom. The predicted molar refractivity (Wildman–Crippen MR) is 79.2 cm³/mol. The largest absolute Gasteiger partial charge is 0.339 e. The van der Waals surface area contributed by atoms with E-state index in [-0.39, 0.29) is 5.41 Å². The Kier molecular flexibility index (Phi) is 4.69. The zero-order valence-electron chi connectivity index (χ0n) is 12.8. The van der Waals surface area contributed by atoms with Gasteiger partial charge in [0.15, 0.2) is 0 Å². The predicted octanol–water partition coefficient (Wildman–Crippen LogP) is 3.57. The normalized spacial score (nSPS) is 13.6. The first kappa shape index (κ1) is 15.2. The maximum absolute atomic E-state index is 8.94. The van der Waals surface area contributed by atoms with Crippen molar-refractivity contribution in [1.82, 2.24) is 15.1 Å². The molecule has 5 nitrogen and oxygen atoms in total. The number of hydrogen-bond donors (Lipinski definition) is 0. The second kappa shape index (κ2) is 6.49. The molecule has 1 atom stereocenters. The summed E-state index contributed by atoms with van der Waals surface area (Å²) in [5, 5.41) is 13.0. The average Bonchev–Trinajstić information content (AvgIpc) is 2.95. The molecule has 0 aliphatic carbocycles. The smallest absolute Gasteiger partial charge is 0.227 e. The Morgan fingerprint density at radius 3 is 2.86 bits per heavy atom. The molecule has 110 valence electrons. The standard InChI is InChI=1S/C16H20N4O/c1-4-12-7-6-10-18-14(12)15-19-13(21-20-15)11-16(3,5-2)8-9-17/h6-7,10H,4-5,8,11H2,1-3H3. The highest BCUT2D eigenvalue weighted by Gasteiger charge is 2.26. The van der Waals surface area contributed by atoms with E-state index < -0.39 is 0 Å². The summed E-state index contributed by atoms with van der Waals surface area (Å²) in [6.45, 7) is 6.21. The summed E-state index contributed by atoms with van der Waals surface area (Å²) < 4.78 is 5.35. The van der Waals surface area contributed by atoms with Crippen LogP contribution >= 0.6 is 0 Å². The van der Waals surface area contributed by atoms with E-state index in [1.165, 1.54) is 0 Å². The van der Waals surface area contributed by atoms with Crippen LogP contribution in [-0.4, -0.2) is 15.1 Å². The van der Waals surface area contributed by atoms with Crippen LogP contribution in [0.3, 0.4) is 0 Å². The fourth-order valence-electron chi connectivity index (χ4n) is 2.22. The Morgan fingerprint density at radius 2 is 2.19 bits per heavy atom. The Hall–Kier alpha value is -2.22. The van der Waals surface area contributed by atoms with Gasteiger partial charge in [-0.1, -0.05) is 32.0 Å². The number of rotatable bonds is 6. The van der Waals surface area contributed by atoms with Crippen molar-refractivity contribution in [2.24, 2.45) is 5.41 Å². The molecular weight excluding hydrogens is 264 g/mol. The molecule has 0 N–H and O–H groups in total. The number of aryl methyl sites for hydroxylation is 1. The molecule has 0 aliphatic heterocycles. The van der Waals surface area contributed by atoms with Crippen molar-refractivity contribution < 1.29 is 4.52 Å². The van der Waals surface area contributed by atoms with Gasteiger partial charge in [0.2, 0.25) is 11.7 Å². The van der Waals surface area contributed by atoms with E-state index in [9.17, 15) is 0 Å². The average molecular weight is 284 g/mol. The van der Waals surface area contributed by atoms with E-state index in [1.807, 2.05) is 12.1 Å². The van der Waals surface area contributed by atoms with Crippen molar-refractivity contribution in [2.75, 3.05) is 0 Å². The quantitative estimate of drug-likeness (QED) is 0.810. The Bertz CT molecular complexity index is 644. The SMILES string of the molecule is CCc1cccnc1-c1noc(CC(C)(CC)CC#N)n1. The van der Waals surface area contributed by atoms with E-state index in [0.29, 0.717) is 24.6 Å². The lowest BCUT2D eigenvalue weighted by Gasteiger charge is -2.22. The summed E-state index contributed by atoms with van der Waals surface area (Å²) in [5.74, 6) is 1.09. The van der Waals surface area contributed by atoms with Crippen LogP contribution in [0.1, 0.15) is 45.1 Å². The van der Waals surface area contributed by atoms with Crippen LogP contribution in [0.4, 0.5) is 0 Å². The summed E-state index contributed by atoms with van der Waals surface area (Å²) in [4.78, 5) is 8.80. The first-order valence-electron chi connectivity index (χ1n) is 7.25. The van der Waals surface area contributed by atoms with Crippen molar-refractivity contribution in [3.05, 3.63) is 29.8 Å². The number of nitriles is 1. The monoisotopic (exact) mass is 284 g/mol. The number of pyridine rings is 1. The van der Waals surface area contributed by atoms with Gasteiger partial charge in [0, 0.05) is 19.0 Å². The molecule has 0 fully saturated rings. The molecule has 2 aromatic rings. The van der Waals surface area contributed by atoms with Gasteiger partial charge in [-0.15, -0.1) is 0 Å². The van der Waals surface area contributed by atoms with Crippen LogP contribution in [0, 0.1) is 16.7 Å². The number of hydrogen-bond acceptors (Lipinski definition) is 5. The number of nitrogens with zero attached hydrogens (tertiary/aromatic N) is 4. The molecule has 0 amide bonds. The van der Waals surface area contributed by atoms with Gasteiger partial charge in [-0.25, -0.2) is 0 Å². The zero-order chi connectivity index (χ0) is 15.3. The fourth-order valence-corrected chi connectivity index (χ4v) is 2.22. The van der Waals surface area contributed by atoms with Gasteiger partial charge < -0.3 is 4.52 Å². The Labute approximate surface area is 125 Å². The molecule has 0 bridgehead atoms. The van der Waals surface area contributed by atoms with Gasteiger partial charge in [0.25, 0.3) is 0 Å². The molecule has 0 saturated heterocycles. The highest BCUT2D eigenvalue weighted by Crippen LogP contribution is 2.30. The van der Waals surface area contributed by atoms with Crippen LogP contribution in [0.5, 0.6) is 0 Å². The zero-order valence-corrected chi connectivity index (χ0v) is 12.8. The van der Waals surface area contributed by atoms with Crippen molar-refractivity contribution in [2.45, 2.75) is 46.5 Å². The first-order valence-corrected chi connectivity index (χ1v) is 7.25. The molecular formula is C16H20N4O. The topological polar surface area (TPSA) is 75.6 Å². The molecule has 5 heteroatoms. The molecule has 1 unspecified atom stereocenters. The minimum atomic E-state index is -0.129. The van der Waals surface area contributed by atoms with Crippen LogP contribution in [0.15, 0.2) is 22.9 Å². The molecule has 0 radical (unpaired) electrons. The molecule has 0 spiro atoms. The van der Waals surface area contributed by atoms with Gasteiger partial charge in [-0.3, -0.25) is 4.98 Å². The Balaban J connectivity index is 2.24. The first-order chi connectivity index (χ1) is 10.1. The van der Waals surface area contributed by atoms with E-state index in [0.717, 1.165) is 24.1 Å². The maximum atomic E-state index is 8.94. The van der Waals surface area contributed by atoms with Crippen molar-refractivity contribution >= 4 is 0 Å². The second-order valence-corrected chi connectivity index (χ2v) is 5.55. The summed E-state index contributed by atoms with van der Waals surface area (Å²) in [6, 6.07) is 6.16. The summed E-state index contributed by atoms with van der Waals surface area (Å²) in [5.41, 5.74) is 1.74. The second-order valence-electron chi connectivity index (χ2n) is 5.55. The lowest BCUT2D eigenvalue weighted by molar-refractivity contribution is 0.266. The highest BCUT2D eigenvalue weighted by atomic mass is 16.5. The highest BCUT2D eigenvalue weighted by molar-refractivity contribution is 5.53. The van der Waals surface area contributed by atoms with Gasteiger partial charge in [0.05, 0.1) is 6.07 Å². The molecule has 0 saturated carbocycles. The van der Waals surface area contributed by atoms with Crippen molar-refractivity contribution in [3.8, 4) is 17.6 Å². The van der Waals surface area contributed by atoms with Crippen LogP contribution in [-0.2, 0) is 12.8 Å². The van der Waals surface area contributed by atoms with E-state index in [1.54, 1.807) is 6.20 Å². The lowest BCUT2D eigenvalue weighted by Crippen LogP contribution is -2.18. The third-order valence-corrected chi connectivity index (χ3v) is 3.89. The van der Waals surface area contributed by atoms with Crippen LogP contribution in [0.2, 0.25) is 0 Å². The summed E-state index contributed by atoms with van der Waals surface area (Å²) in [6.07, 6.45) is 4.58. The minimum absolute atomic E-state index is 0.129. The van der Waals surface area contributed by atoms with E-state index in [4.69, 9.17) is 9.78 Å². The lowest BCUT2D eigenvalue weighted by atomic mass is 9.81. The van der Waals surface area contributed by atoms with Gasteiger partial charge in [-0.2, -0.15) is 10.2 Å². The van der Waals surface area contributed by atoms with Gasteiger partial charge in [0.1, 0.15) is 5.69 Å². The molecule has 21 heavy (non-hydrogen) atoms. The maximum Gasteiger partial charge on any atom is 0.227 e. The summed E-state index contributed by atoms with van der Waals surface area (Å²) >= 11 is 0. The van der Waals surface area contributed by atoms with E-state index in [2.05, 4.69) is 42.0 Å². The molecule has 2 heterocycles. The molecule has 2 aromatic heterocycles. The van der Waals surface area contributed by atoms with Gasteiger partial charge in [-0.05, 0) is 29.9 Å². The molecule has 2 rings (SSSR count).